The van der Waals surface area contributed by atoms with Crippen molar-refractivity contribution in [3.8, 4) is 0 Å². The summed E-state index contributed by atoms with van der Waals surface area (Å²) in [6, 6.07) is -1.56. The first-order valence-electron chi connectivity index (χ1n) is 20.7. The number of nitrogens with zero attached hydrogens (tertiary/aromatic N) is 5. The fourth-order valence-electron chi connectivity index (χ4n) is 6.80. The Morgan fingerprint density at radius 1 is 0.852 bits per heavy atom. The number of hydrogen-bond acceptors (Lipinski definition) is 14. The molecular weight excluding hydrogens is 841 g/mol. The third kappa shape index (κ3) is 8.97. The van der Waals surface area contributed by atoms with E-state index in [0.717, 1.165) is 14.2 Å². The van der Waals surface area contributed by atoms with Crippen LogP contribution in [0.25, 0.3) is 16.9 Å². The number of hydrogen-bond donors (Lipinski definition) is 1. The standard InChI is InChI=1S/C40H68N6O12Si3/c1-22-26(29-28(55-37(50)56-29)24(34(48)51-12)43-36(49)52-13)46-32(47)25-31(44(11)35(46)42-22)45(21-41-25)33-30(58-61(18,19)40(8,9)10)27(57-60(16,17)39(5,6)7)23(54-33)20-53-59(14,15)38(2,3)4/h21,23-24,27-30,33H,20H2,1-19H3,(H,43,49)/t23-,24+,27-,28-,29-,30-,33-/m1/s1. The predicted molar refractivity (Wildman–Crippen MR) is 235 cm³/mol. The number of esters is 1. The maximum Gasteiger partial charge on any atom is 0.509 e. The molecule has 2 fully saturated rings. The molecule has 0 bridgehead atoms. The van der Waals surface area contributed by atoms with Crippen molar-refractivity contribution >= 4 is 60.1 Å². The monoisotopic (exact) mass is 908 g/mol. The molecule has 0 spiro atoms. The molecule has 2 aliphatic heterocycles. The zero-order valence-electron chi connectivity index (χ0n) is 39.5. The summed E-state index contributed by atoms with van der Waals surface area (Å²) in [6.45, 7) is 35.0. The molecule has 21 heteroatoms. The van der Waals surface area contributed by atoms with E-state index in [0.29, 0.717) is 11.3 Å². The fourth-order valence-corrected chi connectivity index (χ4v) is 10.4. The van der Waals surface area contributed by atoms with E-state index in [-0.39, 0.29) is 38.7 Å². The number of methoxy groups -OCH3 is 2. The van der Waals surface area contributed by atoms with Crippen LogP contribution in [0.5, 0.6) is 0 Å². The molecule has 2 aliphatic rings. The molecule has 5 heterocycles. The lowest BCUT2D eigenvalue weighted by atomic mass is 10.0. The summed E-state index contributed by atoms with van der Waals surface area (Å²) in [7, 11) is -3.25. The molecule has 1 amide bonds. The molecule has 0 aliphatic carbocycles. The summed E-state index contributed by atoms with van der Waals surface area (Å²) in [5, 5.41) is 2.00. The van der Waals surface area contributed by atoms with Crippen molar-refractivity contribution in [3.63, 3.8) is 0 Å². The quantitative estimate of drug-likeness (QED) is 0.112. The van der Waals surface area contributed by atoms with Gasteiger partial charge in [0.2, 0.25) is 5.78 Å². The molecule has 342 valence electrons. The van der Waals surface area contributed by atoms with Gasteiger partial charge in [0.1, 0.15) is 18.3 Å². The van der Waals surface area contributed by atoms with E-state index in [1.807, 2.05) is 4.57 Å². The van der Waals surface area contributed by atoms with Gasteiger partial charge in [-0.2, -0.15) is 0 Å². The van der Waals surface area contributed by atoms with E-state index in [1.54, 1.807) is 24.9 Å². The minimum absolute atomic E-state index is 0.0513. The second kappa shape index (κ2) is 16.5. The van der Waals surface area contributed by atoms with E-state index in [2.05, 4.69) is 112 Å². The van der Waals surface area contributed by atoms with Gasteiger partial charge >= 0.3 is 18.2 Å². The molecule has 3 aromatic rings. The van der Waals surface area contributed by atoms with Gasteiger partial charge in [0.05, 0.1) is 38.5 Å². The van der Waals surface area contributed by atoms with Crippen LogP contribution in [0.4, 0.5) is 9.59 Å². The molecular formula is C40H68N6O12Si3. The number of rotatable bonds is 12. The molecule has 0 aromatic carbocycles. The van der Waals surface area contributed by atoms with Crippen molar-refractivity contribution in [2.45, 2.75) is 166 Å². The lowest BCUT2D eigenvalue weighted by Crippen LogP contribution is -2.54. The smallest absolute Gasteiger partial charge is 0.467 e. The number of alkyl carbamates (subject to hydrolysis) is 1. The van der Waals surface area contributed by atoms with E-state index in [4.69, 9.17) is 41.9 Å². The Bertz CT molecular complexity index is 2210. The second-order valence-corrected chi connectivity index (χ2v) is 35.1. The van der Waals surface area contributed by atoms with E-state index in [9.17, 15) is 19.2 Å². The van der Waals surface area contributed by atoms with Gasteiger partial charge in [0.25, 0.3) is 5.56 Å². The van der Waals surface area contributed by atoms with Gasteiger partial charge in [-0.3, -0.25) is 13.9 Å². The Labute approximate surface area is 361 Å². The Kier molecular flexibility index (Phi) is 13.1. The van der Waals surface area contributed by atoms with Crippen LogP contribution in [0.15, 0.2) is 11.1 Å². The molecule has 0 unspecified atom stereocenters. The van der Waals surface area contributed by atoms with Gasteiger partial charge < -0.3 is 42.3 Å². The van der Waals surface area contributed by atoms with Gasteiger partial charge in [0, 0.05) is 7.05 Å². The highest BCUT2D eigenvalue weighted by Gasteiger charge is 2.56. The van der Waals surface area contributed by atoms with Crippen LogP contribution >= 0.6 is 0 Å². The topological polar surface area (TPSA) is 194 Å². The predicted octanol–water partition coefficient (Wildman–Crippen LogP) is 6.87. The van der Waals surface area contributed by atoms with Crippen LogP contribution in [-0.2, 0) is 48.8 Å². The molecule has 0 saturated carbocycles. The Morgan fingerprint density at radius 3 is 1.93 bits per heavy atom. The number of nitrogens with one attached hydrogen (secondary N) is 1. The number of ether oxygens (including phenoxy) is 5. The number of aryl methyl sites for hydroxylation is 2. The molecule has 1 N–H and O–H groups in total. The third-order valence-electron chi connectivity index (χ3n) is 13.6. The highest BCUT2D eigenvalue weighted by molar-refractivity contribution is 6.75. The largest absolute Gasteiger partial charge is 0.509 e. The minimum Gasteiger partial charge on any atom is -0.467 e. The summed E-state index contributed by atoms with van der Waals surface area (Å²) >= 11 is 0. The normalized spacial score (nSPS) is 23.6. The SMILES string of the molecule is COC(=O)N[C@H](C(=O)OC)[C@H]1OC(=O)O[C@@H]1c1c(C)nc2n(C)c3c(ncn3[C@@H]3O[C@H](CO[Si](C)(C)C(C)(C)C)[C@@H](O[Si](C)(C)C(C)(C)C)[C@H]3O[Si](C)(C)C(C)(C)C)c(=O)n12. The van der Waals surface area contributed by atoms with Crippen LogP contribution in [0, 0.1) is 6.92 Å². The lowest BCUT2D eigenvalue weighted by Gasteiger charge is -2.44. The van der Waals surface area contributed by atoms with Crippen molar-refractivity contribution in [3.05, 3.63) is 28.1 Å². The van der Waals surface area contributed by atoms with Crippen LogP contribution < -0.4 is 10.9 Å². The number of cyclic esters (lactones) is 2. The highest BCUT2D eigenvalue weighted by Crippen LogP contribution is 2.47. The fraction of sp³-hybridized carbons (Fsp3) is 0.750. The van der Waals surface area contributed by atoms with Crippen LogP contribution in [-0.4, -0.2) is 118 Å². The van der Waals surface area contributed by atoms with Crippen molar-refractivity contribution in [1.29, 1.82) is 0 Å². The number of carbonyl (C=O) groups excluding carboxylic acids is 3. The molecule has 3 aromatic heterocycles. The summed E-state index contributed by atoms with van der Waals surface area (Å²) in [6.07, 6.45) is -5.87. The van der Waals surface area contributed by atoms with E-state index < -0.39 is 91.5 Å². The van der Waals surface area contributed by atoms with E-state index >= 15 is 0 Å². The first kappa shape index (κ1) is 48.4. The number of imidazole rings is 2. The summed E-state index contributed by atoms with van der Waals surface area (Å²) < 4.78 is 54.1. The van der Waals surface area contributed by atoms with Crippen molar-refractivity contribution in [2.24, 2.45) is 7.05 Å². The number of carbonyl (C=O) groups is 3. The molecule has 2 saturated heterocycles. The molecule has 7 atom stereocenters. The molecule has 5 rings (SSSR count). The highest BCUT2D eigenvalue weighted by atomic mass is 28.4. The van der Waals surface area contributed by atoms with Crippen molar-refractivity contribution in [2.75, 3.05) is 20.8 Å². The Hall–Kier alpha value is -3.61. The average Bonchev–Trinajstić information content (AvgIpc) is 3.90. The summed E-state index contributed by atoms with van der Waals surface area (Å²) in [5.41, 5.74) is 0.289. The zero-order valence-corrected chi connectivity index (χ0v) is 42.5. The van der Waals surface area contributed by atoms with Crippen molar-refractivity contribution in [1.82, 2.24) is 28.8 Å². The lowest BCUT2D eigenvalue weighted by molar-refractivity contribution is -0.146. The third-order valence-corrected chi connectivity index (χ3v) is 27.0. The number of fused-ring (bicyclic) bond motifs is 2. The maximum absolute atomic E-state index is 14.8. The van der Waals surface area contributed by atoms with Crippen LogP contribution in [0.3, 0.4) is 0 Å². The van der Waals surface area contributed by atoms with E-state index in [1.165, 1.54) is 4.40 Å². The summed E-state index contributed by atoms with van der Waals surface area (Å²) in [4.78, 5) is 62.2. The molecule has 61 heavy (non-hydrogen) atoms. The Morgan fingerprint density at radius 2 is 1.41 bits per heavy atom. The van der Waals surface area contributed by atoms with Gasteiger partial charge in [-0.05, 0) is 61.3 Å². The maximum atomic E-state index is 14.8. The first-order chi connectivity index (χ1) is 27.8. The van der Waals surface area contributed by atoms with Gasteiger partial charge in [0.15, 0.2) is 60.6 Å². The average molecular weight is 909 g/mol. The number of aromatic nitrogens is 5. The summed E-state index contributed by atoms with van der Waals surface area (Å²) in [5.74, 6) is -0.759. The number of amides is 1. The second-order valence-electron chi connectivity index (χ2n) is 20.7. The van der Waals surface area contributed by atoms with Crippen LogP contribution in [0.2, 0.25) is 54.4 Å². The minimum atomic E-state index is -2.52. The van der Waals surface area contributed by atoms with Crippen molar-refractivity contribution < 1.29 is 51.3 Å². The first-order valence-corrected chi connectivity index (χ1v) is 29.4. The van der Waals surface area contributed by atoms with Gasteiger partial charge in [-0.1, -0.05) is 62.3 Å². The van der Waals surface area contributed by atoms with Gasteiger partial charge in [-0.15, -0.1) is 0 Å². The van der Waals surface area contributed by atoms with Crippen LogP contribution in [0.1, 0.15) is 86.0 Å². The zero-order chi connectivity index (χ0) is 46.2. The molecule has 18 nitrogen and oxygen atoms in total. The van der Waals surface area contributed by atoms with Gasteiger partial charge in [-0.25, -0.2) is 28.8 Å². The molecule has 0 radical (unpaired) electrons. The Balaban J connectivity index is 1.71.